The summed E-state index contributed by atoms with van der Waals surface area (Å²) in [5.74, 6) is -0.386. The fourth-order valence-corrected chi connectivity index (χ4v) is 1.90. The Labute approximate surface area is 125 Å². The summed E-state index contributed by atoms with van der Waals surface area (Å²) in [4.78, 5) is 15.7. The highest BCUT2D eigenvalue weighted by atomic mass is 35.5. The van der Waals surface area contributed by atoms with Crippen LogP contribution in [-0.4, -0.2) is 25.1 Å². The van der Waals surface area contributed by atoms with Crippen molar-refractivity contribution in [3.8, 4) is 11.5 Å². The van der Waals surface area contributed by atoms with Crippen LogP contribution in [0.4, 0.5) is 10.2 Å². The van der Waals surface area contributed by atoms with Crippen LogP contribution in [0.3, 0.4) is 0 Å². The van der Waals surface area contributed by atoms with Crippen molar-refractivity contribution in [1.29, 1.82) is 0 Å². The number of methoxy groups -OCH3 is 1. The van der Waals surface area contributed by atoms with Crippen LogP contribution in [-0.2, 0) is 4.74 Å². The van der Waals surface area contributed by atoms with E-state index in [9.17, 15) is 9.18 Å². The molecule has 0 atom stereocenters. The van der Waals surface area contributed by atoms with Gasteiger partial charge in [0.05, 0.1) is 18.3 Å². The van der Waals surface area contributed by atoms with Gasteiger partial charge in [0.2, 0.25) is 0 Å². The number of pyridine rings is 1. The van der Waals surface area contributed by atoms with Gasteiger partial charge in [0.25, 0.3) is 0 Å². The Morgan fingerprint density at radius 3 is 2.76 bits per heavy atom. The van der Waals surface area contributed by atoms with Gasteiger partial charge in [0.15, 0.2) is 0 Å². The minimum absolute atomic E-state index is 0.0249. The van der Waals surface area contributed by atoms with E-state index in [1.165, 1.54) is 25.4 Å². The molecule has 110 valence electrons. The number of nitrogens with one attached hydrogen (secondary N) is 1. The standard InChI is InChI=1S/C14H12ClFN2O3/c1-17-13-11(15)6-9(7-18-13)21-12-5-8(16)3-4-10(12)14(19)20-2/h3-7H,1-2H3,(H,17,18). The molecule has 7 heteroatoms. The molecule has 2 aromatic rings. The summed E-state index contributed by atoms with van der Waals surface area (Å²) in [7, 11) is 2.91. The molecule has 0 aliphatic rings. The van der Waals surface area contributed by atoms with Crippen LogP contribution in [0.5, 0.6) is 11.5 Å². The Morgan fingerprint density at radius 2 is 2.14 bits per heavy atom. The molecule has 0 aliphatic heterocycles. The van der Waals surface area contributed by atoms with Gasteiger partial charge in [-0.3, -0.25) is 0 Å². The fraction of sp³-hybridized carbons (Fsp3) is 0.143. The lowest BCUT2D eigenvalue weighted by Gasteiger charge is -2.11. The maximum atomic E-state index is 13.3. The van der Waals surface area contributed by atoms with E-state index in [1.54, 1.807) is 7.05 Å². The van der Waals surface area contributed by atoms with Gasteiger partial charge in [-0.1, -0.05) is 11.6 Å². The third kappa shape index (κ3) is 3.41. The van der Waals surface area contributed by atoms with E-state index >= 15 is 0 Å². The van der Waals surface area contributed by atoms with Gasteiger partial charge < -0.3 is 14.8 Å². The quantitative estimate of drug-likeness (QED) is 0.876. The van der Waals surface area contributed by atoms with Gasteiger partial charge in [-0.2, -0.15) is 0 Å². The molecule has 0 saturated heterocycles. The van der Waals surface area contributed by atoms with Crippen molar-refractivity contribution in [3.63, 3.8) is 0 Å². The smallest absolute Gasteiger partial charge is 0.341 e. The van der Waals surface area contributed by atoms with Gasteiger partial charge >= 0.3 is 5.97 Å². The van der Waals surface area contributed by atoms with Crippen molar-refractivity contribution in [1.82, 2.24) is 4.98 Å². The molecule has 0 bridgehead atoms. The normalized spacial score (nSPS) is 10.1. The predicted octanol–water partition coefficient (Wildman–Crippen LogP) is 3.49. The van der Waals surface area contributed by atoms with Crippen molar-refractivity contribution >= 4 is 23.4 Å². The van der Waals surface area contributed by atoms with Crippen LogP contribution < -0.4 is 10.1 Å². The average Bonchev–Trinajstić information content (AvgIpc) is 2.47. The molecule has 0 unspecified atom stereocenters. The van der Waals surface area contributed by atoms with Crippen LogP contribution in [0.15, 0.2) is 30.5 Å². The first-order chi connectivity index (χ1) is 10.0. The summed E-state index contributed by atoms with van der Waals surface area (Å²) >= 11 is 5.99. The summed E-state index contributed by atoms with van der Waals surface area (Å²) in [5, 5.41) is 3.14. The van der Waals surface area contributed by atoms with Crippen LogP contribution in [0.2, 0.25) is 5.02 Å². The van der Waals surface area contributed by atoms with Crippen LogP contribution >= 0.6 is 11.6 Å². The Kier molecular flexibility index (Phi) is 4.59. The molecule has 0 aliphatic carbocycles. The van der Waals surface area contributed by atoms with E-state index in [2.05, 4.69) is 15.0 Å². The van der Waals surface area contributed by atoms with E-state index in [1.807, 2.05) is 0 Å². The third-order valence-corrected chi connectivity index (χ3v) is 2.92. The maximum Gasteiger partial charge on any atom is 0.341 e. The van der Waals surface area contributed by atoms with E-state index in [4.69, 9.17) is 16.3 Å². The number of anilines is 1. The zero-order chi connectivity index (χ0) is 15.4. The number of ether oxygens (including phenoxy) is 2. The number of rotatable bonds is 4. The summed E-state index contributed by atoms with van der Waals surface area (Å²) < 4.78 is 23.4. The Hall–Kier alpha value is -2.34. The lowest BCUT2D eigenvalue weighted by molar-refractivity contribution is 0.0598. The van der Waals surface area contributed by atoms with Crippen molar-refractivity contribution in [3.05, 3.63) is 46.9 Å². The molecule has 0 saturated carbocycles. The molecule has 1 aromatic heterocycles. The Morgan fingerprint density at radius 1 is 1.38 bits per heavy atom. The molecule has 0 fully saturated rings. The van der Waals surface area contributed by atoms with Gasteiger partial charge in [0.1, 0.15) is 28.7 Å². The van der Waals surface area contributed by atoms with Gasteiger partial charge in [0, 0.05) is 19.2 Å². The number of benzene rings is 1. The number of hydrogen-bond acceptors (Lipinski definition) is 5. The highest BCUT2D eigenvalue weighted by molar-refractivity contribution is 6.33. The number of carbonyl (C=O) groups excluding carboxylic acids is 1. The van der Waals surface area contributed by atoms with Crippen molar-refractivity contribution in [2.75, 3.05) is 19.5 Å². The lowest BCUT2D eigenvalue weighted by atomic mass is 10.2. The fourth-order valence-electron chi connectivity index (χ4n) is 1.65. The first-order valence-electron chi connectivity index (χ1n) is 5.94. The second kappa shape index (κ2) is 6.41. The van der Waals surface area contributed by atoms with Crippen molar-refractivity contribution in [2.24, 2.45) is 0 Å². The largest absolute Gasteiger partial charge is 0.465 e. The number of hydrogen-bond donors (Lipinski definition) is 1. The van der Waals surface area contributed by atoms with Gasteiger partial charge in [-0.25, -0.2) is 14.2 Å². The van der Waals surface area contributed by atoms with Crippen LogP contribution in [0.1, 0.15) is 10.4 Å². The summed E-state index contributed by atoms with van der Waals surface area (Å²) in [6, 6.07) is 5.03. The topological polar surface area (TPSA) is 60.5 Å². The monoisotopic (exact) mass is 310 g/mol. The SMILES string of the molecule is CNc1ncc(Oc2cc(F)ccc2C(=O)OC)cc1Cl. The minimum atomic E-state index is -0.629. The average molecular weight is 311 g/mol. The van der Waals surface area contributed by atoms with Gasteiger partial charge in [-0.15, -0.1) is 0 Å². The minimum Gasteiger partial charge on any atom is -0.465 e. The van der Waals surface area contributed by atoms with E-state index in [0.29, 0.717) is 10.8 Å². The number of esters is 1. The molecule has 1 heterocycles. The molecule has 1 aromatic carbocycles. The summed E-state index contributed by atoms with van der Waals surface area (Å²) in [6.07, 6.45) is 1.41. The molecule has 2 rings (SSSR count). The first-order valence-corrected chi connectivity index (χ1v) is 6.32. The molecule has 5 nitrogen and oxygen atoms in total. The molecule has 21 heavy (non-hydrogen) atoms. The highest BCUT2D eigenvalue weighted by Crippen LogP contribution is 2.30. The van der Waals surface area contributed by atoms with E-state index in [-0.39, 0.29) is 17.1 Å². The van der Waals surface area contributed by atoms with Crippen LogP contribution in [0.25, 0.3) is 0 Å². The molecule has 0 spiro atoms. The van der Waals surface area contributed by atoms with Gasteiger partial charge in [-0.05, 0) is 12.1 Å². The molecular formula is C14H12ClFN2O3. The number of carbonyl (C=O) groups is 1. The molecule has 1 N–H and O–H groups in total. The van der Waals surface area contributed by atoms with Crippen molar-refractivity contribution in [2.45, 2.75) is 0 Å². The number of halogens is 2. The molecule has 0 amide bonds. The Balaban J connectivity index is 2.36. The highest BCUT2D eigenvalue weighted by Gasteiger charge is 2.15. The third-order valence-electron chi connectivity index (χ3n) is 2.63. The zero-order valence-corrected chi connectivity index (χ0v) is 12.1. The predicted molar refractivity (Wildman–Crippen MR) is 76.6 cm³/mol. The summed E-state index contributed by atoms with van der Waals surface area (Å²) in [6.45, 7) is 0. The number of nitrogens with zero attached hydrogens (tertiary/aromatic N) is 1. The number of aromatic nitrogens is 1. The lowest BCUT2D eigenvalue weighted by Crippen LogP contribution is -2.04. The van der Waals surface area contributed by atoms with E-state index < -0.39 is 11.8 Å². The maximum absolute atomic E-state index is 13.3. The van der Waals surface area contributed by atoms with E-state index in [0.717, 1.165) is 12.1 Å². The first kappa shape index (κ1) is 15.1. The second-order valence-corrected chi connectivity index (χ2v) is 4.39. The molecular weight excluding hydrogens is 299 g/mol. The Bertz CT molecular complexity index is 679. The van der Waals surface area contributed by atoms with Crippen LogP contribution in [0, 0.1) is 5.82 Å². The summed E-state index contributed by atoms with van der Waals surface area (Å²) in [5.41, 5.74) is 0.104. The zero-order valence-electron chi connectivity index (χ0n) is 11.3. The second-order valence-electron chi connectivity index (χ2n) is 3.99. The molecule has 0 radical (unpaired) electrons. The van der Waals surface area contributed by atoms with Crippen molar-refractivity contribution < 1.29 is 18.7 Å².